The number of hydrogen-bond acceptors (Lipinski definition) is 4. The van der Waals surface area contributed by atoms with E-state index in [9.17, 15) is 4.79 Å². The maximum Gasteiger partial charge on any atom is 0.234 e. The lowest BCUT2D eigenvalue weighted by molar-refractivity contribution is -0.123. The maximum absolute atomic E-state index is 11.9. The summed E-state index contributed by atoms with van der Waals surface area (Å²) in [6.45, 7) is 2.63. The summed E-state index contributed by atoms with van der Waals surface area (Å²) in [6.07, 6.45) is 4.65. The number of nitrogens with one attached hydrogen (secondary N) is 1. The summed E-state index contributed by atoms with van der Waals surface area (Å²) in [5.41, 5.74) is 0. The zero-order valence-electron chi connectivity index (χ0n) is 10.7. The quantitative estimate of drug-likeness (QED) is 0.753. The molecule has 1 aliphatic heterocycles. The second-order valence-corrected chi connectivity index (χ2v) is 5.06. The number of ether oxygens (including phenoxy) is 1. The number of nitrogens with zero attached hydrogens (tertiary/aromatic N) is 2. The van der Waals surface area contributed by atoms with Gasteiger partial charge in [0.2, 0.25) is 5.91 Å². The summed E-state index contributed by atoms with van der Waals surface area (Å²) < 4.78 is 5.27. The molecule has 18 heavy (non-hydrogen) atoms. The van der Waals surface area contributed by atoms with Gasteiger partial charge in [-0.05, 0) is 25.7 Å². The highest BCUT2D eigenvalue weighted by atomic mass is 16.5. The highest BCUT2D eigenvalue weighted by molar-refractivity contribution is 5.78. The fourth-order valence-corrected chi connectivity index (χ4v) is 2.32. The fraction of sp³-hybridized carbons (Fsp3) is 0.846. The van der Waals surface area contributed by atoms with Gasteiger partial charge in [0, 0.05) is 38.3 Å². The topological polar surface area (TPSA) is 65.4 Å². The number of hydrogen-bond donors (Lipinski definition) is 1. The zero-order chi connectivity index (χ0) is 12.8. The van der Waals surface area contributed by atoms with Crippen LogP contribution < -0.4 is 5.32 Å². The molecule has 5 nitrogen and oxygen atoms in total. The summed E-state index contributed by atoms with van der Waals surface area (Å²) in [6, 6.07) is 2.94. The summed E-state index contributed by atoms with van der Waals surface area (Å²) in [5, 5.41) is 11.7. The fourth-order valence-electron chi connectivity index (χ4n) is 2.32. The molecule has 0 atom stereocenters. The Morgan fingerprint density at radius 3 is 2.67 bits per heavy atom. The third-order valence-electron chi connectivity index (χ3n) is 3.51. The van der Waals surface area contributed by atoms with Crippen molar-refractivity contribution in [2.75, 3.05) is 26.3 Å². The van der Waals surface area contributed by atoms with Crippen LogP contribution in [0.15, 0.2) is 0 Å². The van der Waals surface area contributed by atoms with E-state index in [1.54, 1.807) is 0 Å². The molecule has 0 aromatic rings. The van der Waals surface area contributed by atoms with Crippen molar-refractivity contribution in [2.45, 2.75) is 44.2 Å². The molecule has 2 aliphatic rings. The van der Waals surface area contributed by atoms with Crippen LogP contribution in [0.1, 0.15) is 32.1 Å². The maximum atomic E-state index is 11.9. The molecule has 0 aromatic heterocycles. The van der Waals surface area contributed by atoms with E-state index in [1.165, 1.54) is 0 Å². The van der Waals surface area contributed by atoms with Crippen molar-refractivity contribution in [1.82, 2.24) is 10.2 Å². The van der Waals surface area contributed by atoms with Crippen LogP contribution in [0, 0.1) is 11.3 Å². The van der Waals surface area contributed by atoms with Gasteiger partial charge in [-0.25, -0.2) is 0 Å². The monoisotopic (exact) mass is 251 g/mol. The van der Waals surface area contributed by atoms with Crippen LogP contribution in [0.3, 0.4) is 0 Å². The number of nitriles is 1. The highest BCUT2D eigenvalue weighted by Crippen LogP contribution is 2.26. The lowest BCUT2D eigenvalue weighted by Gasteiger charge is -2.25. The van der Waals surface area contributed by atoms with E-state index in [2.05, 4.69) is 16.3 Å². The Labute approximate surface area is 108 Å². The van der Waals surface area contributed by atoms with Crippen molar-refractivity contribution in [3.8, 4) is 6.07 Å². The van der Waals surface area contributed by atoms with E-state index in [0.29, 0.717) is 25.6 Å². The Morgan fingerprint density at radius 2 is 2.06 bits per heavy atom. The number of amides is 1. The molecule has 0 spiro atoms. The van der Waals surface area contributed by atoms with Crippen molar-refractivity contribution in [2.24, 2.45) is 0 Å². The first-order valence-corrected chi connectivity index (χ1v) is 6.77. The Balaban J connectivity index is 1.72. The van der Waals surface area contributed by atoms with E-state index in [4.69, 9.17) is 10.00 Å². The third kappa shape index (κ3) is 4.28. The van der Waals surface area contributed by atoms with Crippen LogP contribution in [-0.4, -0.2) is 49.2 Å². The molecule has 0 aromatic carbocycles. The zero-order valence-corrected chi connectivity index (χ0v) is 10.7. The van der Waals surface area contributed by atoms with Gasteiger partial charge in [0.1, 0.15) is 0 Å². The van der Waals surface area contributed by atoms with E-state index in [1.807, 2.05) is 0 Å². The van der Waals surface area contributed by atoms with Gasteiger partial charge in [-0.15, -0.1) is 0 Å². The lowest BCUT2D eigenvalue weighted by atomic mass is 10.1. The number of carbonyl (C=O) groups is 1. The predicted octanol–water partition coefficient (Wildman–Crippen LogP) is 0.660. The minimum Gasteiger partial charge on any atom is -0.381 e. The summed E-state index contributed by atoms with van der Waals surface area (Å²) in [7, 11) is 0. The van der Waals surface area contributed by atoms with E-state index >= 15 is 0 Å². The van der Waals surface area contributed by atoms with Crippen LogP contribution in [0.4, 0.5) is 0 Å². The molecule has 0 unspecified atom stereocenters. The van der Waals surface area contributed by atoms with Crippen molar-refractivity contribution in [3.05, 3.63) is 0 Å². The van der Waals surface area contributed by atoms with E-state index in [0.717, 1.165) is 38.9 Å². The van der Waals surface area contributed by atoms with Gasteiger partial charge >= 0.3 is 0 Å². The number of carbonyl (C=O) groups excluding carboxylic acids is 1. The molecule has 100 valence electrons. The molecule has 0 bridgehead atoms. The van der Waals surface area contributed by atoms with E-state index in [-0.39, 0.29) is 11.9 Å². The molecule has 1 saturated carbocycles. The van der Waals surface area contributed by atoms with Gasteiger partial charge in [0.25, 0.3) is 0 Å². The van der Waals surface area contributed by atoms with Gasteiger partial charge in [0.15, 0.2) is 0 Å². The van der Waals surface area contributed by atoms with Crippen molar-refractivity contribution >= 4 is 5.91 Å². The molecule has 1 N–H and O–H groups in total. The second-order valence-electron chi connectivity index (χ2n) is 5.06. The SMILES string of the molecule is N#CCCN(CC(=O)NC1CCOCC1)C1CC1. The predicted molar refractivity (Wildman–Crippen MR) is 66.8 cm³/mol. The van der Waals surface area contributed by atoms with Crippen LogP contribution in [0.2, 0.25) is 0 Å². The lowest BCUT2D eigenvalue weighted by Crippen LogP contribution is -2.45. The van der Waals surface area contributed by atoms with Crippen LogP contribution in [0.5, 0.6) is 0 Å². The molecule has 1 aliphatic carbocycles. The Hall–Kier alpha value is -1.12. The third-order valence-corrected chi connectivity index (χ3v) is 3.51. The molecule has 1 saturated heterocycles. The first kappa shape index (κ1) is 13.3. The molecule has 1 heterocycles. The van der Waals surface area contributed by atoms with Crippen LogP contribution in [0.25, 0.3) is 0 Å². The average Bonchev–Trinajstić information content (AvgIpc) is 3.20. The second kappa shape index (κ2) is 6.72. The molecule has 2 fully saturated rings. The smallest absolute Gasteiger partial charge is 0.234 e. The normalized spacial score (nSPS) is 20.7. The summed E-state index contributed by atoms with van der Waals surface area (Å²) in [4.78, 5) is 14.1. The molecular weight excluding hydrogens is 230 g/mol. The largest absolute Gasteiger partial charge is 0.381 e. The summed E-state index contributed by atoms with van der Waals surface area (Å²) in [5.74, 6) is 0.0896. The Kier molecular flexibility index (Phi) is 4.97. The van der Waals surface area contributed by atoms with Crippen molar-refractivity contribution in [3.63, 3.8) is 0 Å². The molecule has 2 rings (SSSR count). The minimum atomic E-state index is 0.0896. The van der Waals surface area contributed by atoms with Gasteiger partial charge in [-0.3, -0.25) is 9.69 Å². The Bertz CT molecular complexity index is 317. The van der Waals surface area contributed by atoms with Gasteiger partial charge < -0.3 is 10.1 Å². The average molecular weight is 251 g/mol. The van der Waals surface area contributed by atoms with Gasteiger partial charge in [0.05, 0.1) is 12.6 Å². The minimum absolute atomic E-state index is 0.0896. The molecule has 5 heteroatoms. The van der Waals surface area contributed by atoms with Gasteiger partial charge in [-0.2, -0.15) is 5.26 Å². The van der Waals surface area contributed by atoms with Crippen molar-refractivity contribution in [1.29, 1.82) is 5.26 Å². The van der Waals surface area contributed by atoms with Gasteiger partial charge in [-0.1, -0.05) is 0 Å². The molecule has 1 amide bonds. The van der Waals surface area contributed by atoms with Crippen molar-refractivity contribution < 1.29 is 9.53 Å². The molecular formula is C13H21N3O2. The first-order valence-electron chi connectivity index (χ1n) is 6.77. The van der Waals surface area contributed by atoms with E-state index < -0.39 is 0 Å². The Morgan fingerprint density at radius 1 is 1.33 bits per heavy atom. The number of rotatable bonds is 6. The standard InChI is InChI=1S/C13H21N3O2/c14-6-1-7-16(12-2-3-12)10-13(17)15-11-4-8-18-9-5-11/h11-12H,1-5,7-10H2,(H,15,17). The highest BCUT2D eigenvalue weighted by Gasteiger charge is 2.30. The van der Waals surface area contributed by atoms with Crippen LogP contribution >= 0.6 is 0 Å². The van der Waals surface area contributed by atoms with Crippen LogP contribution in [-0.2, 0) is 9.53 Å². The molecule has 0 radical (unpaired) electrons. The summed E-state index contributed by atoms with van der Waals surface area (Å²) >= 11 is 0. The first-order chi connectivity index (χ1) is 8.79.